The van der Waals surface area contributed by atoms with Crippen LogP contribution in [-0.4, -0.2) is 78.6 Å². The molecule has 1 aliphatic carbocycles. The van der Waals surface area contributed by atoms with Gasteiger partial charge >= 0.3 is 11.9 Å². The van der Waals surface area contributed by atoms with Crippen LogP contribution in [0.4, 0.5) is 0 Å². The molecule has 0 saturated carbocycles. The summed E-state index contributed by atoms with van der Waals surface area (Å²) < 4.78 is 6.38. The van der Waals surface area contributed by atoms with Gasteiger partial charge in [-0.25, -0.2) is 0 Å². The number of nitrogens with two attached hydrogens (primary N) is 1. The zero-order chi connectivity index (χ0) is 26.3. The number of carboxylic acid groups (broad SMARTS) is 2. The lowest BCUT2D eigenvalue weighted by Crippen LogP contribution is -2.49. The van der Waals surface area contributed by atoms with Crippen LogP contribution in [0.1, 0.15) is 40.0 Å². The molecule has 0 aromatic heterocycles. The Hall–Kier alpha value is -2.22. The first-order valence-corrected chi connectivity index (χ1v) is 14.7. The van der Waals surface area contributed by atoms with Crippen molar-refractivity contribution in [1.82, 2.24) is 10.6 Å². The Morgan fingerprint density at radius 1 is 1.26 bits per heavy atom. The molecular formula is C21H35N3O8SSi. The minimum atomic E-state index is -2.18. The van der Waals surface area contributed by atoms with Gasteiger partial charge in [-0.2, -0.15) is 0 Å². The van der Waals surface area contributed by atoms with Crippen molar-refractivity contribution in [2.75, 3.05) is 12.3 Å². The predicted octanol–water partition coefficient (Wildman–Crippen LogP) is 0.844. The summed E-state index contributed by atoms with van der Waals surface area (Å²) in [6, 6.07) is -2.33. The van der Waals surface area contributed by atoms with Crippen LogP contribution in [0.3, 0.4) is 0 Å². The van der Waals surface area contributed by atoms with E-state index in [1.807, 2.05) is 0 Å². The first-order valence-electron chi connectivity index (χ1n) is 10.9. The number of allylic oxidation sites excluding steroid dienone is 1. The molecule has 2 amide bonds. The largest absolute Gasteiger partial charge is 0.480 e. The van der Waals surface area contributed by atoms with Gasteiger partial charge in [0.1, 0.15) is 18.6 Å². The van der Waals surface area contributed by atoms with E-state index in [-0.39, 0.29) is 35.8 Å². The van der Waals surface area contributed by atoms with E-state index >= 15 is 0 Å². The number of carboxylic acids is 2. The highest BCUT2D eigenvalue weighted by atomic mass is 32.2. The topological polar surface area (TPSA) is 185 Å². The molecule has 6 N–H and O–H groups in total. The van der Waals surface area contributed by atoms with E-state index in [1.165, 1.54) is 17.8 Å². The van der Waals surface area contributed by atoms with Gasteiger partial charge in [0.05, 0.1) is 6.10 Å². The first-order chi connectivity index (χ1) is 15.5. The van der Waals surface area contributed by atoms with E-state index in [1.54, 1.807) is 0 Å². The minimum absolute atomic E-state index is 0.0264. The monoisotopic (exact) mass is 517 g/mol. The molecule has 0 aromatic rings. The molecule has 0 radical (unpaired) electrons. The second-order valence-electron chi connectivity index (χ2n) is 9.61. The number of carbonyl (C=O) groups is 5. The molecule has 192 valence electrons. The van der Waals surface area contributed by atoms with Gasteiger partial charge in [0.2, 0.25) is 11.8 Å². The smallest absolute Gasteiger partial charge is 0.322 e. The fourth-order valence-corrected chi connectivity index (χ4v) is 5.17. The normalized spacial score (nSPS) is 18.1. The number of rotatable bonds is 13. The number of aliphatic carboxylic acids is 2. The molecule has 0 aromatic carbocycles. The summed E-state index contributed by atoms with van der Waals surface area (Å²) in [5, 5.41) is 22.3. The third-order valence-electron chi connectivity index (χ3n) is 5.73. The molecule has 0 heterocycles. The van der Waals surface area contributed by atoms with Crippen molar-refractivity contribution in [2.45, 2.75) is 76.4 Å². The Balaban J connectivity index is 2.88. The molecule has 0 aliphatic heterocycles. The summed E-state index contributed by atoms with van der Waals surface area (Å²) >= 11 is 1.18. The molecule has 0 unspecified atom stereocenters. The van der Waals surface area contributed by atoms with Crippen molar-refractivity contribution in [1.29, 1.82) is 0 Å². The third kappa shape index (κ3) is 9.56. The predicted molar refractivity (Wildman–Crippen MR) is 130 cm³/mol. The molecule has 11 nitrogen and oxygen atoms in total. The van der Waals surface area contributed by atoms with E-state index in [2.05, 4.69) is 44.5 Å². The third-order valence-corrected chi connectivity index (χ3v) is 11.4. The van der Waals surface area contributed by atoms with Crippen molar-refractivity contribution in [3.8, 4) is 0 Å². The maximum atomic E-state index is 12.5. The van der Waals surface area contributed by atoms with Crippen LogP contribution in [0, 0.1) is 0 Å². The van der Waals surface area contributed by atoms with Crippen molar-refractivity contribution in [3.63, 3.8) is 0 Å². The van der Waals surface area contributed by atoms with Crippen molar-refractivity contribution in [3.05, 3.63) is 11.0 Å². The van der Waals surface area contributed by atoms with E-state index < -0.39 is 56.8 Å². The average molecular weight is 518 g/mol. The van der Waals surface area contributed by atoms with Gasteiger partial charge in [-0.15, -0.1) is 11.8 Å². The van der Waals surface area contributed by atoms with Crippen LogP contribution >= 0.6 is 11.8 Å². The van der Waals surface area contributed by atoms with Gasteiger partial charge in [0.25, 0.3) is 0 Å². The summed E-state index contributed by atoms with van der Waals surface area (Å²) in [6.45, 7) is 9.77. The summed E-state index contributed by atoms with van der Waals surface area (Å²) in [7, 11) is -2.18. The molecule has 0 fully saturated rings. The molecule has 13 heteroatoms. The molecular weight excluding hydrogens is 482 g/mol. The summed E-state index contributed by atoms with van der Waals surface area (Å²) in [6.07, 6.45) is 0.885. The fraction of sp³-hybridized carbons (Fsp3) is 0.667. The van der Waals surface area contributed by atoms with Crippen LogP contribution in [0.2, 0.25) is 18.1 Å². The van der Waals surface area contributed by atoms with Gasteiger partial charge in [-0.05, 0) is 30.6 Å². The van der Waals surface area contributed by atoms with Crippen LogP contribution in [-0.2, 0) is 28.4 Å². The number of carbonyl (C=O) groups excluding carboxylic acids is 3. The lowest BCUT2D eigenvalue weighted by Gasteiger charge is -2.38. The summed E-state index contributed by atoms with van der Waals surface area (Å²) in [5.74, 6) is -3.87. The number of hydrogen-bond acceptors (Lipinski definition) is 8. The van der Waals surface area contributed by atoms with E-state index in [9.17, 15) is 24.0 Å². The van der Waals surface area contributed by atoms with Crippen molar-refractivity contribution in [2.24, 2.45) is 5.73 Å². The Kier molecular flexibility index (Phi) is 10.9. The second kappa shape index (κ2) is 12.5. The van der Waals surface area contributed by atoms with Gasteiger partial charge in [0, 0.05) is 23.5 Å². The zero-order valence-corrected chi connectivity index (χ0v) is 22.0. The van der Waals surface area contributed by atoms with Gasteiger partial charge in [0.15, 0.2) is 14.1 Å². The number of amides is 2. The Labute approximate surface area is 204 Å². The SMILES string of the molecule is CC(C)(C)[Si](C)(C)O[C@H]1CC(=O)C=C1SC[C@H](NC(=O)CC[C@H](N)C(=O)O)C(=O)NCC(=O)O. The Morgan fingerprint density at radius 3 is 2.41 bits per heavy atom. The van der Waals surface area contributed by atoms with E-state index in [0.29, 0.717) is 4.91 Å². The minimum Gasteiger partial charge on any atom is -0.480 e. The highest BCUT2D eigenvalue weighted by molar-refractivity contribution is 8.03. The molecule has 1 rings (SSSR count). The summed E-state index contributed by atoms with van der Waals surface area (Å²) in [5.41, 5.74) is 5.41. The standard InChI is InChI=1S/C21H35N3O8SSi/c1-21(2,3)34(4,5)32-15-8-12(25)9-16(15)33-11-14(19(29)23-10-18(27)28)24-17(26)7-6-13(22)20(30)31/h9,13-15H,6-8,10-11,22H2,1-5H3,(H,23,29)(H,24,26)(H,27,28)(H,30,31)/t13-,14-,15-/m0/s1. The number of thioether (sulfide) groups is 1. The van der Waals surface area contributed by atoms with Gasteiger partial charge in [-0.1, -0.05) is 20.8 Å². The van der Waals surface area contributed by atoms with Crippen LogP contribution < -0.4 is 16.4 Å². The quantitative estimate of drug-likeness (QED) is 0.219. The lowest BCUT2D eigenvalue weighted by molar-refractivity contribution is -0.139. The molecule has 34 heavy (non-hydrogen) atoms. The molecule has 0 bridgehead atoms. The first kappa shape index (κ1) is 29.8. The molecule has 0 spiro atoms. The fourth-order valence-electron chi connectivity index (χ4n) is 2.69. The highest BCUT2D eigenvalue weighted by Gasteiger charge is 2.41. The Bertz CT molecular complexity index is 840. The second-order valence-corrected chi connectivity index (χ2v) is 15.5. The lowest BCUT2D eigenvalue weighted by atomic mass is 10.1. The van der Waals surface area contributed by atoms with Crippen LogP contribution in [0.25, 0.3) is 0 Å². The number of ketones is 1. The highest BCUT2D eigenvalue weighted by Crippen LogP contribution is 2.41. The molecule has 0 saturated heterocycles. The van der Waals surface area contributed by atoms with Crippen molar-refractivity contribution >= 4 is 49.6 Å². The zero-order valence-electron chi connectivity index (χ0n) is 20.2. The summed E-state index contributed by atoms with van der Waals surface area (Å²) in [4.78, 5) is 59.2. The average Bonchev–Trinajstić information content (AvgIpc) is 3.04. The maximum absolute atomic E-state index is 12.5. The van der Waals surface area contributed by atoms with Gasteiger partial charge < -0.3 is 31.0 Å². The number of nitrogens with one attached hydrogen (secondary N) is 2. The van der Waals surface area contributed by atoms with Gasteiger partial charge in [-0.3, -0.25) is 24.0 Å². The van der Waals surface area contributed by atoms with E-state index in [0.717, 1.165) is 0 Å². The van der Waals surface area contributed by atoms with E-state index in [4.69, 9.17) is 20.4 Å². The van der Waals surface area contributed by atoms with Crippen LogP contribution in [0.15, 0.2) is 11.0 Å². The maximum Gasteiger partial charge on any atom is 0.322 e. The van der Waals surface area contributed by atoms with Crippen molar-refractivity contribution < 1.29 is 38.6 Å². The van der Waals surface area contributed by atoms with Crippen LogP contribution in [0.5, 0.6) is 0 Å². The number of hydrogen-bond donors (Lipinski definition) is 5. The molecule has 1 aliphatic rings. The Morgan fingerprint density at radius 2 is 1.88 bits per heavy atom. The molecule has 3 atom stereocenters.